The van der Waals surface area contributed by atoms with Crippen molar-refractivity contribution in [3.8, 4) is 5.75 Å². The van der Waals surface area contributed by atoms with Gasteiger partial charge < -0.3 is 15.4 Å². The normalized spacial score (nSPS) is 13.8. The number of hydrogen-bond donors (Lipinski definition) is 1. The van der Waals surface area contributed by atoms with Crippen molar-refractivity contribution in [2.75, 3.05) is 31.6 Å². The van der Waals surface area contributed by atoms with Crippen LogP contribution in [-0.2, 0) is 6.42 Å². The van der Waals surface area contributed by atoms with Crippen LogP contribution >= 0.6 is 12.4 Å². The summed E-state index contributed by atoms with van der Waals surface area (Å²) in [6, 6.07) is 3.28. The number of hydrogen-bond acceptors (Lipinski definition) is 3. The third-order valence-electron chi connectivity index (χ3n) is 2.64. The molecule has 0 bridgehead atoms. The van der Waals surface area contributed by atoms with Gasteiger partial charge in [0, 0.05) is 13.1 Å². The van der Waals surface area contributed by atoms with Crippen LogP contribution in [-0.4, -0.2) is 26.7 Å². The van der Waals surface area contributed by atoms with Gasteiger partial charge in [-0.3, -0.25) is 0 Å². The molecular weight excluding hydrogens is 231 g/mol. The molecule has 90 valence electrons. The molecule has 0 amide bonds. The molecule has 1 aromatic rings. The highest BCUT2D eigenvalue weighted by Crippen LogP contribution is 2.33. The molecule has 16 heavy (non-hydrogen) atoms. The Hall–Kier alpha value is -1.00. The van der Waals surface area contributed by atoms with Crippen LogP contribution in [0.25, 0.3) is 0 Å². The molecule has 0 saturated carbocycles. The van der Waals surface area contributed by atoms with Gasteiger partial charge in [0.05, 0.1) is 12.2 Å². The van der Waals surface area contributed by atoms with Crippen LogP contribution in [0.4, 0.5) is 10.1 Å². The average Bonchev–Trinajstić information content (AvgIpc) is 2.21. The Labute approximate surface area is 101 Å². The average molecular weight is 247 g/mol. The minimum atomic E-state index is -0.227. The topological polar surface area (TPSA) is 38.5 Å². The number of anilines is 1. The zero-order chi connectivity index (χ0) is 10.8. The first kappa shape index (κ1) is 13.1. The van der Waals surface area contributed by atoms with Crippen LogP contribution in [0.1, 0.15) is 5.56 Å². The number of nitrogens with two attached hydrogens (primary N) is 1. The molecule has 3 nitrogen and oxygen atoms in total. The maximum Gasteiger partial charge on any atom is 0.145 e. The van der Waals surface area contributed by atoms with Gasteiger partial charge in [-0.1, -0.05) is 0 Å². The molecule has 1 heterocycles. The van der Waals surface area contributed by atoms with Crippen molar-refractivity contribution in [3.05, 3.63) is 23.5 Å². The number of fused-ring (bicyclic) bond motifs is 1. The Morgan fingerprint density at radius 2 is 2.25 bits per heavy atom. The fourth-order valence-electron chi connectivity index (χ4n) is 1.76. The molecule has 0 unspecified atom stereocenters. The van der Waals surface area contributed by atoms with Crippen molar-refractivity contribution in [3.63, 3.8) is 0 Å². The second-order valence-corrected chi connectivity index (χ2v) is 3.72. The molecule has 0 saturated heterocycles. The van der Waals surface area contributed by atoms with Gasteiger partial charge in [0.15, 0.2) is 0 Å². The molecule has 0 spiro atoms. The van der Waals surface area contributed by atoms with Crippen molar-refractivity contribution in [1.82, 2.24) is 0 Å². The van der Waals surface area contributed by atoms with Crippen molar-refractivity contribution >= 4 is 18.1 Å². The number of rotatable bonds is 2. The lowest BCUT2D eigenvalue weighted by atomic mass is 10.1. The summed E-state index contributed by atoms with van der Waals surface area (Å²) in [7, 11) is 1.98. The highest BCUT2D eigenvalue weighted by atomic mass is 35.5. The van der Waals surface area contributed by atoms with E-state index in [0.29, 0.717) is 30.9 Å². The molecule has 2 N–H and O–H groups in total. The monoisotopic (exact) mass is 246 g/mol. The lowest BCUT2D eigenvalue weighted by Gasteiger charge is -2.28. The molecule has 0 radical (unpaired) electrons. The zero-order valence-corrected chi connectivity index (χ0v) is 10.0. The second kappa shape index (κ2) is 5.37. The summed E-state index contributed by atoms with van der Waals surface area (Å²) in [4.78, 5) is 2.07. The van der Waals surface area contributed by atoms with E-state index in [1.807, 2.05) is 13.1 Å². The van der Waals surface area contributed by atoms with Crippen LogP contribution < -0.4 is 15.4 Å². The third-order valence-corrected chi connectivity index (χ3v) is 2.64. The van der Waals surface area contributed by atoms with Crippen LogP contribution in [0.2, 0.25) is 0 Å². The summed E-state index contributed by atoms with van der Waals surface area (Å²) >= 11 is 0. The predicted octanol–water partition coefficient (Wildman–Crippen LogP) is 1.58. The standard InChI is InChI=1S/C11H15FN2O.ClH/c1-14-4-5-15-11-7-9(12)8(2-3-13)6-10(11)14;/h6-7H,2-5,13H2,1H3;1H. The van der Waals surface area contributed by atoms with Crippen molar-refractivity contribution in [1.29, 1.82) is 0 Å². The van der Waals surface area contributed by atoms with Gasteiger partial charge in [-0.2, -0.15) is 0 Å². The first-order chi connectivity index (χ1) is 7.22. The molecule has 0 aliphatic carbocycles. The SMILES string of the molecule is CN1CCOc2cc(F)c(CCN)cc21.Cl. The van der Waals surface area contributed by atoms with Gasteiger partial charge in [0.1, 0.15) is 18.2 Å². The van der Waals surface area contributed by atoms with Gasteiger partial charge in [-0.25, -0.2) is 4.39 Å². The number of nitrogens with zero attached hydrogens (tertiary/aromatic N) is 1. The van der Waals surface area contributed by atoms with Crippen molar-refractivity contribution in [2.45, 2.75) is 6.42 Å². The van der Waals surface area contributed by atoms with E-state index >= 15 is 0 Å². The molecular formula is C11H16ClFN2O. The lowest BCUT2D eigenvalue weighted by Crippen LogP contribution is -2.29. The largest absolute Gasteiger partial charge is 0.489 e. The minimum absolute atomic E-state index is 0. The molecule has 2 rings (SSSR count). The summed E-state index contributed by atoms with van der Waals surface area (Å²) in [5.74, 6) is 0.400. The fraction of sp³-hybridized carbons (Fsp3) is 0.455. The second-order valence-electron chi connectivity index (χ2n) is 3.72. The van der Waals surface area contributed by atoms with E-state index in [-0.39, 0.29) is 18.2 Å². The predicted molar refractivity (Wildman–Crippen MR) is 65.2 cm³/mol. The van der Waals surface area contributed by atoms with Crippen LogP contribution in [0.3, 0.4) is 0 Å². The Morgan fingerprint density at radius 3 is 2.94 bits per heavy atom. The Bertz CT molecular complexity index is 373. The van der Waals surface area contributed by atoms with E-state index in [9.17, 15) is 4.39 Å². The molecule has 1 aromatic carbocycles. The molecule has 1 aliphatic rings. The summed E-state index contributed by atoms with van der Waals surface area (Å²) in [6.45, 7) is 1.90. The minimum Gasteiger partial charge on any atom is -0.489 e. The van der Waals surface area contributed by atoms with Gasteiger partial charge in [-0.15, -0.1) is 12.4 Å². The maximum absolute atomic E-state index is 13.5. The Balaban J connectivity index is 0.00000128. The highest BCUT2D eigenvalue weighted by Gasteiger charge is 2.17. The smallest absolute Gasteiger partial charge is 0.145 e. The molecule has 0 fully saturated rings. The van der Waals surface area contributed by atoms with Crippen LogP contribution in [0.5, 0.6) is 5.75 Å². The fourth-order valence-corrected chi connectivity index (χ4v) is 1.76. The summed E-state index contributed by atoms with van der Waals surface area (Å²) in [5.41, 5.74) is 7.04. The van der Waals surface area contributed by atoms with E-state index < -0.39 is 0 Å². The Morgan fingerprint density at radius 1 is 1.50 bits per heavy atom. The van der Waals surface area contributed by atoms with Gasteiger partial charge >= 0.3 is 0 Å². The first-order valence-corrected chi connectivity index (χ1v) is 5.09. The van der Waals surface area contributed by atoms with Crippen molar-refractivity contribution < 1.29 is 9.13 Å². The third kappa shape index (κ3) is 2.39. The number of ether oxygens (including phenoxy) is 1. The lowest BCUT2D eigenvalue weighted by molar-refractivity contribution is 0.309. The van der Waals surface area contributed by atoms with Gasteiger partial charge in [0.25, 0.3) is 0 Å². The maximum atomic E-state index is 13.5. The molecule has 0 aromatic heterocycles. The molecule has 5 heteroatoms. The summed E-state index contributed by atoms with van der Waals surface area (Å²) in [6.07, 6.45) is 0.562. The summed E-state index contributed by atoms with van der Waals surface area (Å²) in [5, 5.41) is 0. The Kier molecular flexibility index (Phi) is 4.38. The van der Waals surface area contributed by atoms with E-state index in [2.05, 4.69) is 4.90 Å². The molecule has 0 atom stereocenters. The number of benzene rings is 1. The highest BCUT2D eigenvalue weighted by molar-refractivity contribution is 5.85. The number of likely N-dealkylation sites (N-methyl/N-ethyl adjacent to an activating group) is 1. The van der Waals surface area contributed by atoms with Crippen LogP contribution in [0, 0.1) is 5.82 Å². The summed E-state index contributed by atoms with van der Waals surface area (Å²) < 4.78 is 18.9. The van der Waals surface area contributed by atoms with Gasteiger partial charge in [-0.05, 0) is 24.6 Å². The van der Waals surface area contributed by atoms with Crippen molar-refractivity contribution in [2.24, 2.45) is 5.73 Å². The number of halogens is 2. The van der Waals surface area contributed by atoms with E-state index in [0.717, 1.165) is 12.2 Å². The zero-order valence-electron chi connectivity index (χ0n) is 9.20. The quantitative estimate of drug-likeness (QED) is 0.861. The van der Waals surface area contributed by atoms with Crippen LogP contribution in [0.15, 0.2) is 12.1 Å². The van der Waals surface area contributed by atoms with Gasteiger partial charge in [0.2, 0.25) is 0 Å². The van der Waals surface area contributed by atoms with E-state index in [1.54, 1.807) is 0 Å². The van der Waals surface area contributed by atoms with E-state index in [4.69, 9.17) is 10.5 Å². The molecule has 1 aliphatic heterocycles. The first-order valence-electron chi connectivity index (χ1n) is 5.09. The van der Waals surface area contributed by atoms with E-state index in [1.165, 1.54) is 6.07 Å².